The Morgan fingerprint density at radius 3 is 2.21 bits per heavy atom. The minimum atomic E-state index is -4.99. The van der Waals surface area contributed by atoms with Crippen molar-refractivity contribution in [3.05, 3.63) is 0 Å². The molecule has 2 atom stereocenters. The van der Waals surface area contributed by atoms with Crippen LogP contribution in [0.4, 0.5) is 0 Å². The van der Waals surface area contributed by atoms with Crippen molar-refractivity contribution in [1.29, 1.82) is 0 Å². The van der Waals surface area contributed by atoms with Crippen LogP contribution in [0, 0.1) is 0 Å². The molecule has 0 aromatic carbocycles. The largest absolute Gasteiger partial charge is 0.419 e. The van der Waals surface area contributed by atoms with E-state index in [9.17, 15) is 16.8 Å². The smallest absolute Gasteiger partial charge is 0.363 e. The number of hydrogen-bond acceptors (Lipinski definition) is 9. The topological polar surface area (TPSA) is 136 Å². The molecule has 14 heavy (non-hydrogen) atoms. The molecule has 1 rings (SSSR count). The Kier molecular flexibility index (Phi) is 2.60. The van der Waals surface area contributed by atoms with Crippen LogP contribution in [-0.4, -0.2) is 39.1 Å². The maximum Gasteiger partial charge on any atom is 0.419 e. The first-order valence-electron chi connectivity index (χ1n) is 3.04. The number of hydrogen-bond donors (Lipinski definition) is 2. The van der Waals surface area contributed by atoms with Crippen molar-refractivity contribution >= 4 is 20.8 Å². The second-order valence-corrected chi connectivity index (χ2v) is 5.01. The van der Waals surface area contributed by atoms with Gasteiger partial charge in [0.1, 0.15) is 0 Å². The maximum atomic E-state index is 10.7. The fourth-order valence-electron chi connectivity index (χ4n) is 0.581. The highest BCUT2D eigenvalue weighted by Crippen LogP contribution is 2.24. The second kappa shape index (κ2) is 3.10. The Labute approximate surface area is 79.5 Å². The SMILES string of the molecule is CC1(O)OS(=O)(=O)OS(=O)(=O)OC1O. The van der Waals surface area contributed by atoms with E-state index in [-0.39, 0.29) is 0 Å². The molecule has 0 spiro atoms. The van der Waals surface area contributed by atoms with E-state index in [4.69, 9.17) is 10.2 Å². The van der Waals surface area contributed by atoms with Crippen molar-refractivity contribution in [2.24, 2.45) is 0 Å². The quantitative estimate of drug-likeness (QED) is 0.480. The van der Waals surface area contributed by atoms with Gasteiger partial charge in [0.2, 0.25) is 12.1 Å². The Hall–Kier alpha value is -0.300. The van der Waals surface area contributed by atoms with Crippen molar-refractivity contribution in [3.8, 4) is 0 Å². The van der Waals surface area contributed by atoms with Gasteiger partial charge in [0.25, 0.3) is 0 Å². The Bertz CT molecular complexity index is 415. The molecule has 0 amide bonds. The van der Waals surface area contributed by atoms with Gasteiger partial charge >= 0.3 is 20.8 Å². The molecular formula is C3H6O9S2. The van der Waals surface area contributed by atoms with Crippen molar-refractivity contribution in [2.75, 3.05) is 0 Å². The summed E-state index contributed by atoms with van der Waals surface area (Å²) in [4.78, 5) is 0. The standard InChI is InChI=1S/C3H6O9S2/c1-3(5)2(4)10-13(6,7)12-14(8,9)11-3/h2,4-5H,1H3. The van der Waals surface area contributed by atoms with Gasteiger partial charge in [-0.25, -0.2) is 8.37 Å². The number of aliphatic hydroxyl groups is 2. The van der Waals surface area contributed by atoms with Crippen molar-refractivity contribution in [3.63, 3.8) is 0 Å². The molecule has 1 heterocycles. The van der Waals surface area contributed by atoms with Gasteiger partial charge in [-0.1, -0.05) is 0 Å². The van der Waals surface area contributed by atoms with Crippen LogP contribution in [0.3, 0.4) is 0 Å². The Morgan fingerprint density at radius 2 is 1.71 bits per heavy atom. The minimum absolute atomic E-state index is 0.680. The zero-order valence-electron chi connectivity index (χ0n) is 6.65. The lowest BCUT2D eigenvalue weighted by Crippen LogP contribution is -2.43. The van der Waals surface area contributed by atoms with Gasteiger partial charge in [-0.2, -0.15) is 16.8 Å². The summed E-state index contributed by atoms with van der Waals surface area (Å²) in [6, 6.07) is 0. The molecule has 1 saturated heterocycles. The minimum Gasteiger partial charge on any atom is -0.363 e. The molecule has 0 radical (unpaired) electrons. The van der Waals surface area contributed by atoms with Gasteiger partial charge in [0, 0.05) is 0 Å². The highest BCUT2D eigenvalue weighted by Gasteiger charge is 2.47. The summed E-state index contributed by atoms with van der Waals surface area (Å²) in [6.45, 7) is 0.680. The van der Waals surface area contributed by atoms with Crippen LogP contribution in [0.5, 0.6) is 0 Å². The molecule has 0 bridgehead atoms. The van der Waals surface area contributed by atoms with E-state index in [2.05, 4.69) is 12.0 Å². The number of rotatable bonds is 0. The molecule has 2 unspecified atom stereocenters. The number of aliphatic hydroxyl groups excluding tert-OH is 1. The lowest BCUT2D eigenvalue weighted by Gasteiger charge is -2.21. The van der Waals surface area contributed by atoms with Gasteiger partial charge in [-0.3, -0.25) is 0 Å². The third-order valence-electron chi connectivity index (χ3n) is 1.10. The van der Waals surface area contributed by atoms with E-state index in [1.807, 2.05) is 0 Å². The third kappa shape index (κ3) is 2.60. The summed E-state index contributed by atoms with van der Waals surface area (Å²) in [5.74, 6) is -2.75. The molecule has 1 aliphatic rings. The molecule has 0 aromatic rings. The first-order valence-corrected chi connectivity index (χ1v) is 5.71. The average molecular weight is 250 g/mol. The first kappa shape index (κ1) is 11.8. The lowest BCUT2D eigenvalue weighted by molar-refractivity contribution is -0.246. The summed E-state index contributed by atoms with van der Waals surface area (Å²) in [7, 11) is -9.96. The molecule has 84 valence electrons. The molecule has 1 aliphatic heterocycles. The predicted molar refractivity (Wildman–Crippen MR) is 37.7 cm³/mol. The molecule has 9 nitrogen and oxygen atoms in total. The molecule has 2 N–H and O–H groups in total. The zero-order chi connectivity index (χ0) is 11.2. The Morgan fingerprint density at radius 1 is 1.21 bits per heavy atom. The molecule has 11 heteroatoms. The van der Waals surface area contributed by atoms with E-state index < -0.39 is 32.9 Å². The van der Waals surface area contributed by atoms with Gasteiger partial charge in [0.15, 0.2) is 0 Å². The van der Waals surface area contributed by atoms with Gasteiger partial charge < -0.3 is 10.2 Å². The van der Waals surface area contributed by atoms with Gasteiger partial charge in [-0.05, 0) is 6.92 Å². The normalized spacial score (nSPS) is 41.5. The van der Waals surface area contributed by atoms with Crippen LogP contribution in [0.2, 0.25) is 0 Å². The van der Waals surface area contributed by atoms with Crippen LogP contribution in [-0.2, 0) is 32.8 Å². The summed E-state index contributed by atoms with van der Waals surface area (Å²) < 4.78 is 53.4. The highest BCUT2D eigenvalue weighted by molar-refractivity contribution is 7.95. The van der Waals surface area contributed by atoms with Crippen LogP contribution in [0.15, 0.2) is 0 Å². The van der Waals surface area contributed by atoms with Gasteiger partial charge in [-0.15, -0.1) is 3.63 Å². The van der Waals surface area contributed by atoms with E-state index in [1.165, 1.54) is 0 Å². The average Bonchev–Trinajstić information content (AvgIpc) is 1.81. The summed E-state index contributed by atoms with van der Waals surface area (Å²) in [6.07, 6.45) is -2.41. The third-order valence-corrected chi connectivity index (χ3v) is 3.40. The van der Waals surface area contributed by atoms with Crippen LogP contribution in [0.1, 0.15) is 6.92 Å². The van der Waals surface area contributed by atoms with Crippen LogP contribution < -0.4 is 0 Å². The van der Waals surface area contributed by atoms with E-state index >= 15 is 0 Å². The van der Waals surface area contributed by atoms with E-state index in [0.717, 1.165) is 0 Å². The summed E-state index contributed by atoms with van der Waals surface area (Å²) in [5.41, 5.74) is 0. The Balaban J connectivity index is 3.20. The summed E-state index contributed by atoms with van der Waals surface area (Å²) in [5, 5.41) is 17.9. The van der Waals surface area contributed by atoms with Crippen molar-refractivity contribution in [1.82, 2.24) is 0 Å². The van der Waals surface area contributed by atoms with E-state index in [0.29, 0.717) is 6.92 Å². The van der Waals surface area contributed by atoms with Crippen molar-refractivity contribution < 1.29 is 39.0 Å². The fraction of sp³-hybridized carbons (Fsp3) is 1.00. The first-order chi connectivity index (χ1) is 6.04. The predicted octanol–water partition coefficient (Wildman–Crippen LogP) is -2.43. The lowest BCUT2D eigenvalue weighted by atomic mass is 10.3. The molecule has 0 aromatic heterocycles. The second-order valence-electron chi connectivity index (χ2n) is 2.47. The van der Waals surface area contributed by atoms with Gasteiger partial charge in [0.05, 0.1) is 0 Å². The molecular weight excluding hydrogens is 244 g/mol. The fourth-order valence-corrected chi connectivity index (χ4v) is 2.53. The van der Waals surface area contributed by atoms with Crippen LogP contribution in [0.25, 0.3) is 0 Å². The summed E-state index contributed by atoms with van der Waals surface area (Å²) >= 11 is 0. The molecule has 1 fully saturated rings. The zero-order valence-corrected chi connectivity index (χ0v) is 8.28. The molecule has 0 aliphatic carbocycles. The highest BCUT2D eigenvalue weighted by atomic mass is 32.3. The monoisotopic (exact) mass is 250 g/mol. The van der Waals surface area contributed by atoms with E-state index in [1.54, 1.807) is 0 Å². The van der Waals surface area contributed by atoms with Crippen LogP contribution >= 0.6 is 0 Å². The molecule has 0 saturated carbocycles. The maximum absolute atomic E-state index is 10.7. The van der Waals surface area contributed by atoms with Crippen molar-refractivity contribution in [2.45, 2.75) is 19.0 Å².